The highest BCUT2D eigenvalue weighted by Gasteiger charge is 2.16. The molecule has 1 fully saturated rings. The quantitative estimate of drug-likeness (QED) is 0.426. The van der Waals surface area contributed by atoms with E-state index in [0.717, 1.165) is 36.5 Å². The van der Waals surface area contributed by atoms with Crippen LogP contribution in [-0.2, 0) is 19.6 Å². The first-order chi connectivity index (χ1) is 17.1. The topological polar surface area (TPSA) is 58.0 Å². The minimum atomic E-state index is -0.256. The van der Waals surface area contributed by atoms with Crippen LogP contribution in [0.25, 0.3) is 0 Å². The highest BCUT2D eigenvalue weighted by Crippen LogP contribution is 2.19. The van der Waals surface area contributed by atoms with Crippen LogP contribution in [0.1, 0.15) is 46.7 Å². The van der Waals surface area contributed by atoms with E-state index < -0.39 is 0 Å². The molecule has 1 aromatic heterocycles. The molecule has 0 unspecified atom stereocenters. The molecule has 1 aliphatic heterocycles. The zero-order valence-corrected chi connectivity index (χ0v) is 20.3. The number of halogens is 1. The van der Waals surface area contributed by atoms with Crippen molar-refractivity contribution in [1.82, 2.24) is 15.1 Å². The van der Waals surface area contributed by atoms with Gasteiger partial charge in [0.15, 0.2) is 5.76 Å². The molecule has 186 valence electrons. The van der Waals surface area contributed by atoms with Crippen LogP contribution in [0.4, 0.5) is 4.39 Å². The van der Waals surface area contributed by atoms with Crippen molar-refractivity contribution in [2.75, 3.05) is 33.3 Å². The Morgan fingerprint density at radius 1 is 1.00 bits per heavy atom. The van der Waals surface area contributed by atoms with Gasteiger partial charge in [-0.25, -0.2) is 4.39 Å². The molecule has 0 aliphatic carbocycles. The Hall–Kier alpha value is -3.16. The summed E-state index contributed by atoms with van der Waals surface area (Å²) < 4.78 is 24.9. The molecule has 0 saturated carbocycles. The molecule has 6 nitrogen and oxygen atoms in total. The fourth-order valence-electron chi connectivity index (χ4n) is 4.45. The number of hydrogen-bond donors (Lipinski definition) is 1. The molecule has 1 N–H and O–H groups in total. The molecule has 1 saturated heterocycles. The number of amides is 1. The Bertz CT molecular complexity index is 1080. The minimum Gasteiger partial charge on any atom is -0.497 e. The lowest BCUT2D eigenvalue weighted by Crippen LogP contribution is -2.37. The van der Waals surface area contributed by atoms with Gasteiger partial charge in [-0.05, 0) is 73.5 Å². The lowest BCUT2D eigenvalue weighted by atomic mass is 10.1. The predicted molar refractivity (Wildman–Crippen MR) is 134 cm³/mol. The highest BCUT2D eigenvalue weighted by atomic mass is 19.1. The van der Waals surface area contributed by atoms with E-state index >= 15 is 0 Å². The zero-order chi connectivity index (χ0) is 24.5. The summed E-state index contributed by atoms with van der Waals surface area (Å²) in [6.07, 6.45) is 3.77. The normalized spacial score (nSPS) is 14.3. The van der Waals surface area contributed by atoms with Gasteiger partial charge in [0.05, 0.1) is 13.7 Å². The van der Waals surface area contributed by atoms with Crippen LogP contribution >= 0.6 is 0 Å². The molecule has 0 bridgehead atoms. The number of likely N-dealkylation sites (tertiary alicyclic amines) is 1. The standard InChI is InChI=1S/C28H34FN3O3/c1-34-25-10-8-22(9-11-25)19-32(20-23-6-5-7-24(29)18-23)21-26-12-13-27(35-26)28(33)30-14-17-31-15-3-2-4-16-31/h5-13,18H,2-4,14-17,19-21H2,1H3,(H,30,33). The first-order valence-corrected chi connectivity index (χ1v) is 12.3. The number of nitrogens with one attached hydrogen (secondary N) is 1. The third-order valence-electron chi connectivity index (χ3n) is 6.29. The van der Waals surface area contributed by atoms with Crippen LogP contribution in [0.15, 0.2) is 65.1 Å². The fraction of sp³-hybridized carbons (Fsp3) is 0.393. The number of ether oxygens (including phenoxy) is 1. The fourth-order valence-corrected chi connectivity index (χ4v) is 4.45. The smallest absolute Gasteiger partial charge is 0.287 e. The van der Waals surface area contributed by atoms with Crippen LogP contribution in [0.5, 0.6) is 5.75 Å². The van der Waals surface area contributed by atoms with E-state index in [1.807, 2.05) is 36.4 Å². The lowest BCUT2D eigenvalue weighted by molar-refractivity contribution is 0.0914. The summed E-state index contributed by atoms with van der Waals surface area (Å²) in [4.78, 5) is 17.1. The van der Waals surface area contributed by atoms with Gasteiger partial charge in [-0.3, -0.25) is 9.69 Å². The van der Waals surface area contributed by atoms with E-state index in [2.05, 4.69) is 15.1 Å². The van der Waals surface area contributed by atoms with Gasteiger partial charge in [0, 0.05) is 26.2 Å². The maximum Gasteiger partial charge on any atom is 0.287 e. The summed E-state index contributed by atoms with van der Waals surface area (Å²) in [6, 6.07) is 18.1. The number of carbonyl (C=O) groups excluding carboxylic acids is 1. The van der Waals surface area contributed by atoms with Gasteiger partial charge in [-0.15, -0.1) is 0 Å². The molecule has 2 heterocycles. The van der Waals surface area contributed by atoms with Crippen molar-refractivity contribution >= 4 is 5.91 Å². The molecular formula is C28H34FN3O3. The third kappa shape index (κ3) is 7.67. The first kappa shape index (κ1) is 24.9. The molecule has 35 heavy (non-hydrogen) atoms. The van der Waals surface area contributed by atoms with E-state index in [1.54, 1.807) is 25.3 Å². The molecule has 1 amide bonds. The summed E-state index contributed by atoms with van der Waals surface area (Å²) in [5, 5.41) is 2.97. The zero-order valence-electron chi connectivity index (χ0n) is 20.3. The Labute approximate surface area is 206 Å². The number of furan rings is 1. The molecular weight excluding hydrogens is 445 g/mol. The van der Waals surface area contributed by atoms with Crippen molar-refractivity contribution in [3.63, 3.8) is 0 Å². The molecule has 2 aromatic carbocycles. The van der Waals surface area contributed by atoms with Crippen molar-refractivity contribution in [3.05, 3.63) is 89.1 Å². The molecule has 7 heteroatoms. The van der Waals surface area contributed by atoms with Crippen LogP contribution in [0.3, 0.4) is 0 Å². The summed E-state index contributed by atoms with van der Waals surface area (Å²) in [6.45, 7) is 5.36. The number of rotatable bonds is 11. The number of benzene rings is 2. The van der Waals surface area contributed by atoms with Gasteiger partial charge < -0.3 is 19.4 Å². The van der Waals surface area contributed by atoms with E-state index in [9.17, 15) is 9.18 Å². The number of methoxy groups -OCH3 is 1. The second-order valence-corrected chi connectivity index (χ2v) is 9.05. The predicted octanol–water partition coefficient (Wildman–Crippen LogP) is 4.85. The Morgan fingerprint density at radius 2 is 1.77 bits per heavy atom. The Balaban J connectivity index is 1.37. The number of carbonyl (C=O) groups is 1. The largest absolute Gasteiger partial charge is 0.497 e. The van der Waals surface area contributed by atoms with Crippen LogP contribution in [0, 0.1) is 5.82 Å². The Kier molecular flexibility index (Phi) is 8.92. The van der Waals surface area contributed by atoms with Gasteiger partial charge in [-0.1, -0.05) is 30.7 Å². The first-order valence-electron chi connectivity index (χ1n) is 12.3. The summed E-state index contributed by atoms with van der Waals surface area (Å²) in [7, 11) is 1.64. The van der Waals surface area contributed by atoms with E-state index in [1.165, 1.54) is 25.3 Å². The van der Waals surface area contributed by atoms with Crippen molar-refractivity contribution < 1.29 is 18.3 Å². The molecule has 4 rings (SSSR count). The Morgan fingerprint density at radius 3 is 2.51 bits per heavy atom. The van der Waals surface area contributed by atoms with Gasteiger partial charge in [0.1, 0.15) is 17.3 Å². The monoisotopic (exact) mass is 479 g/mol. The average Bonchev–Trinajstić information content (AvgIpc) is 3.34. The van der Waals surface area contributed by atoms with Crippen molar-refractivity contribution in [1.29, 1.82) is 0 Å². The maximum absolute atomic E-state index is 13.8. The molecule has 0 atom stereocenters. The van der Waals surface area contributed by atoms with Crippen molar-refractivity contribution in [3.8, 4) is 5.75 Å². The summed E-state index contributed by atoms with van der Waals surface area (Å²) in [5.74, 6) is 1.35. The third-order valence-corrected chi connectivity index (χ3v) is 6.29. The lowest BCUT2D eigenvalue weighted by Gasteiger charge is -2.26. The minimum absolute atomic E-state index is 0.194. The van der Waals surface area contributed by atoms with E-state index in [-0.39, 0.29) is 11.7 Å². The maximum atomic E-state index is 13.8. The van der Waals surface area contributed by atoms with Crippen LogP contribution in [0.2, 0.25) is 0 Å². The van der Waals surface area contributed by atoms with Gasteiger partial charge >= 0.3 is 0 Å². The molecule has 1 aliphatic rings. The van der Waals surface area contributed by atoms with Crippen molar-refractivity contribution in [2.45, 2.75) is 38.9 Å². The van der Waals surface area contributed by atoms with Crippen LogP contribution < -0.4 is 10.1 Å². The van der Waals surface area contributed by atoms with Gasteiger partial charge in [0.25, 0.3) is 5.91 Å². The molecule has 0 spiro atoms. The molecule has 0 radical (unpaired) electrons. The second-order valence-electron chi connectivity index (χ2n) is 9.05. The van der Waals surface area contributed by atoms with Crippen molar-refractivity contribution in [2.24, 2.45) is 0 Å². The number of nitrogens with zero attached hydrogens (tertiary/aromatic N) is 2. The second kappa shape index (κ2) is 12.5. The SMILES string of the molecule is COc1ccc(CN(Cc2cccc(F)c2)Cc2ccc(C(=O)NCCN3CCCCC3)o2)cc1. The van der Waals surface area contributed by atoms with Crippen LogP contribution in [-0.4, -0.2) is 49.0 Å². The molecule has 3 aromatic rings. The van der Waals surface area contributed by atoms with Gasteiger partial charge in [-0.2, -0.15) is 0 Å². The summed E-state index contributed by atoms with van der Waals surface area (Å²) >= 11 is 0. The average molecular weight is 480 g/mol. The van der Waals surface area contributed by atoms with E-state index in [4.69, 9.17) is 9.15 Å². The highest BCUT2D eigenvalue weighted by molar-refractivity contribution is 5.91. The summed E-state index contributed by atoms with van der Waals surface area (Å²) in [5.41, 5.74) is 1.98. The van der Waals surface area contributed by atoms with Gasteiger partial charge in [0.2, 0.25) is 0 Å². The number of hydrogen-bond acceptors (Lipinski definition) is 5. The van der Waals surface area contributed by atoms with E-state index in [0.29, 0.717) is 37.7 Å². The number of piperidine rings is 1.